The van der Waals surface area contributed by atoms with E-state index < -0.39 is 5.97 Å². The molecule has 5 nitrogen and oxygen atoms in total. The van der Waals surface area contributed by atoms with Gasteiger partial charge in [0.2, 0.25) is 5.95 Å². The summed E-state index contributed by atoms with van der Waals surface area (Å²) in [5, 5.41) is 2.94. The first-order valence-electron chi connectivity index (χ1n) is 5.33. The molecule has 1 aromatic rings. The van der Waals surface area contributed by atoms with Crippen molar-refractivity contribution in [1.29, 1.82) is 0 Å². The van der Waals surface area contributed by atoms with Crippen LogP contribution in [0.5, 0.6) is 0 Å². The molecule has 0 fully saturated rings. The zero-order valence-corrected chi connectivity index (χ0v) is 10.2. The third-order valence-electron chi connectivity index (χ3n) is 1.99. The molecule has 5 heteroatoms. The Kier molecular flexibility index (Phi) is 4.95. The number of aromatic nitrogens is 2. The van der Waals surface area contributed by atoms with Gasteiger partial charge in [0.15, 0.2) is 0 Å². The lowest BCUT2D eigenvalue weighted by Crippen LogP contribution is -2.11. The number of aryl methyl sites for hydroxylation is 1. The summed E-state index contributed by atoms with van der Waals surface area (Å²) in [5.74, 6) is 5.66. The average molecular weight is 233 g/mol. The van der Waals surface area contributed by atoms with Crippen LogP contribution in [0.4, 0.5) is 5.95 Å². The molecule has 0 unspecified atom stereocenters. The molecule has 0 radical (unpaired) electrons. The van der Waals surface area contributed by atoms with E-state index in [2.05, 4.69) is 27.1 Å². The molecule has 0 saturated heterocycles. The van der Waals surface area contributed by atoms with E-state index in [1.54, 1.807) is 20.8 Å². The number of rotatable bonds is 4. The van der Waals surface area contributed by atoms with Gasteiger partial charge in [-0.3, -0.25) is 0 Å². The van der Waals surface area contributed by atoms with E-state index in [9.17, 15) is 4.79 Å². The van der Waals surface area contributed by atoms with Crippen molar-refractivity contribution in [3.63, 3.8) is 0 Å². The zero-order chi connectivity index (χ0) is 12.7. The minimum Gasteiger partial charge on any atom is -0.462 e. The Balaban J connectivity index is 2.77. The van der Waals surface area contributed by atoms with Crippen LogP contribution in [0.1, 0.15) is 29.9 Å². The molecule has 0 amide bonds. The normalized spacial score (nSPS) is 9.12. The Labute approximate surface area is 101 Å². The maximum atomic E-state index is 11.5. The lowest BCUT2D eigenvalue weighted by molar-refractivity contribution is 0.0524. The SMILES string of the molecule is CC#CCNc1ncc(C(=O)OCC)c(C)n1. The second kappa shape index (κ2) is 6.48. The van der Waals surface area contributed by atoms with Gasteiger partial charge in [0.1, 0.15) is 0 Å². The van der Waals surface area contributed by atoms with Crippen LogP contribution < -0.4 is 5.32 Å². The summed E-state index contributed by atoms with van der Waals surface area (Å²) in [6.07, 6.45) is 1.46. The van der Waals surface area contributed by atoms with E-state index in [0.717, 1.165) is 0 Å². The minimum atomic E-state index is -0.398. The number of hydrogen-bond acceptors (Lipinski definition) is 5. The molecule has 0 aliphatic heterocycles. The van der Waals surface area contributed by atoms with Crippen molar-refractivity contribution >= 4 is 11.9 Å². The quantitative estimate of drug-likeness (QED) is 0.629. The molecule has 1 aromatic heterocycles. The minimum absolute atomic E-state index is 0.338. The standard InChI is InChI=1S/C12H15N3O2/c1-4-6-7-13-12-14-8-10(9(3)15-12)11(16)17-5-2/h8H,5,7H2,1-3H3,(H,13,14,15). The van der Waals surface area contributed by atoms with E-state index in [-0.39, 0.29) is 0 Å². The first kappa shape index (κ1) is 13.0. The summed E-state index contributed by atoms with van der Waals surface area (Å²) in [6, 6.07) is 0. The number of hydrogen-bond donors (Lipinski definition) is 1. The second-order valence-corrected chi connectivity index (χ2v) is 3.19. The number of carbonyl (C=O) groups excluding carboxylic acids is 1. The van der Waals surface area contributed by atoms with Gasteiger partial charge < -0.3 is 10.1 Å². The highest BCUT2D eigenvalue weighted by Gasteiger charge is 2.12. The predicted octanol–water partition coefficient (Wildman–Crippen LogP) is 1.40. The van der Waals surface area contributed by atoms with Crippen LogP contribution in [0.25, 0.3) is 0 Å². The molecule has 1 rings (SSSR count). The third-order valence-corrected chi connectivity index (χ3v) is 1.99. The van der Waals surface area contributed by atoms with E-state index in [4.69, 9.17) is 4.74 Å². The molecule has 0 atom stereocenters. The number of nitrogens with zero attached hydrogens (tertiary/aromatic N) is 2. The summed E-state index contributed by atoms with van der Waals surface area (Å²) in [6.45, 7) is 6.08. The van der Waals surface area contributed by atoms with Crippen LogP contribution >= 0.6 is 0 Å². The summed E-state index contributed by atoms with van der Waals surface area (Å²) in [5.41, 5.74) is 0.976. The molecule has 17 heavy (non-hydrogen) atoms. The van der Waals surface area contributed by atoms with Gasteiger partial charge in [0.05, 0.1) is 24.4 Å². The predicted molar refractivity (Wildman–Crippen MR) is 64.7 cm³/mol. The zero-order valence-electron chi connectivity index (χ0n) is 10.2. The van der Waals surface area contributed by atoms with Crippen LogP contribution in [0, 0.1) is 18.8 Å². The van der Waals surface area contributed by atoms with Crippen molar-refractivity contribution < 1.29 is 9.53 Å². The molecule has 1 N–H and O–H groups in total. The van der Waals surface area contributed by atoms with Crippen molar-refractivity contribution in [3.8, 4) is 11.8 Å². The lowest BCUT2D eigenvalue weighted by Gasteiger charge is -2.06. The number of nitrogens with one attached hydrogen (secondary N) is 1. The van der Waals surface area contributed by atoms with E-state index in [0.29, 0.717) is 30.4 Å². The van der Waals surface area contributed by atoms with E-state index in [1.165, 1.54) is 6.20 Å². The molecule has 1 heterocycles. The van der Waals surface area contributed by atoms with Crippen molar-refractivity contribution in [1.82, 2.24) is 9.97 Å². The maximum absolute atomic E-state index is 11.5. The van der Waals surface area contributed by atoms with Gasteiger partial charge in [-0.05, 0) is 20.8 Å². The maximum Gasteiger partial charge on any atom is 0.341 e. The fraction of sp³-hybridized carbons (Fsp3) is 0.417. The van der Waals surface area contributed by atoms with E-state index in [1.807, 2.05) is 0 Å². The van der Waals surface area contributed by atoms with Crippen LogP contribution in [-0.4, -0.2) is 29.1 Å². The highest BCUT2D eigenvalue weighted by Crippen LogP contribution is 2.08. The van der Waals surface area contributed by atoms with Crippen LogP contribution in [0.3, 0.4) is 0 Å². The largest absolute Gasteiger partial charge is 0.462 e. The van der Waals surface area contributed by atoms with Gasteiger partial charge in [-0.2, -0.15) is 0 Å². The number of carbonyl (C=O) groups is 1. The monoisotopic (exact) mass is 233 g/mol. The van der Waals surface area contributed by atoms with Gasteiger partial charge in [-0.15, -0.1) is 5.92 Å². The topological polar surface area (TPSA) is 64.1 Å². The molecule has 0 aliphatic rings. The average Bonchev–Trinajstić information content (AvgIpc) is 2.29. The van der Waals surface area contributed by atoms with Crippen molar-refractivity contribution in [2.24, 2.45) is 0 Å². The smallest absolute Gasteiger partial charge is 0.341 e. The lowest BCUT2D eigenvalue weighted by atomic mass is 10.2. The first-order chi connectivity index (χ1) is 8.19. The summed E-state index contributed by atoms with van der Waals surface area (Å²) in [7, 11) is 0. The molecule has 0 aliphatic carbocycles. The van der Waals surface area contributed by atoms with Gasteiger partial charge in [0, 0.05) is 6.20 Å². The Morgan fingerprint density at radius 3 is 2.94 bits per heavy atom. The molecule has 0 saturated carbocycles. The number of esters is 1. The molecular formula is C12H15N3O2. The summed E-state index contributed by atoms with van der Waals surface area (Å²) >= 11 is 0. The van der Waals surface area contributed by atoms with E-state index >= 15 is 0 Å². The fourth-order valence-corrected chi connectivity index (χ4v) is 1.17. The highest BCUT2D eigenvalue weighted by atomic mass is 16.5. The van der Waals surface area contributed by atoms with Crippen molar-refractivity contribution in [2.75, 3.05) is 18.5 Å². The molecule has 90 valence electrons. The Morgan fingerprint density at radius 1 is 1.59 bits per heavy atom. The number of anilines is 1. The van der Waals surface area contributed by atoms with Crippen molar-refractivity contribution in [2.45, 2.75) is 20.8 Å². The Hall–Kier alpha value is -2.09. The van der Waals surface area contributed by atoms with Gasteiger partial charge in [-0.25, -0.2) is 14.8 Å². The molecule has 0 bridgehead atoms. The fourth-order valence-electron chi connectivity index (χ4n) is 1.17. The second-order valence-electron chi connectivity index (χ2n) is 3.19. The van der Waals surface area contributed by atoms with Crippen molar-refractivity contribution in [3.05, 3.63) is 17.5 Å². The summed E-state index contributed by atoms with van der Waals surface area (Å²) in [4.78, 5) is 19.7. The van der Waals surface area contributed by atoms with Gasteiger partial charge in [-0.1, -0.05) is 5.92 Å². The number of ether oxygens (including phenoxy) is 1. The third kappa shape index (κ3) is 3.76. The Morgan fingerprint density at radius 2 is 2.35 bits per heavy atom. The Bertz CT molecular complexity index is 461. The van der Waals surface area contributed by atoms with Gasteiger partial charge >= 0.3 is 5.97 Å². The molecule has 0 aromatic carbocycles. The summed E-state index contributed by atoms with van der Waals surface area (Å²) < 4.78 is 4.89. The van der Waals surface area contributed by atoms with Gasteiger partial charge in [0.25, 0.3) is 0 Å². The molecular weight excluding hydrogens is 218 g/mol. The van der Waals surface area contributed by atoms with Crippen LogP contribution in [-0.2, 0) is 4.74 Å². The highest BCUT2D eigenvalue weighted by molar-refractivity contribution is 5.90. The molecule has 0 spiro atoms. The van der Waals surface area contributed by atoms with Crippen LogP contribution in [0.15, 0.2) is 6.20 Å². The first-order valence-corrected chi connectivity index (χ1v) is 5.33. The van der Waals surface area contributed by atoms with Crippen LogP contribution in [0.2, 0.25) is 0 Å².